The van der Waals surface area contributed by atoms with Crippen LogP contribution in [0.25, 0.3) is 0 Å². The van der Waals surface area contributed by atoms with Gasteiger partial charge in [-0.25, -0.2) is 0 Å². The summed E-state index contributed by atoms with van der Waals surface area (Å²) in [7, 11) is 0. The highest BCUT2D eigenvalue weighted by Gasteiger charge is 2.25. The molecule has 2 aliphatic rings. The summed E-state index contributed by atoms with van der Waals surface area (Å²) >= 11 is 0. The zero-order valence-corrected chi connectivity index (χ0v) is 9.48. The van der Waals surface area contributed by atoms with Crippen molar-refractivity contribution in [2.75, 3.05) is 26.6 Å². The van der Waals surface area contributed by atoms with Crippen LogP contribution in [0.4, 0.5) is 0 Å². The van der Waals surface area contributed by atoms with E-state index in [4.69, 9.17) is 24.7 Å². The first-order chi connectivity index (χ1) is 8.38. The molecule has 1 saturated heterocycles. The lowest BCUT2D eigenvalue weighted by molar-refractivity contribution is -0.0447. The molecular formula is C12H15NO4. The van der Waals surface area contributed by atoms with Gasteiger partial charge in [0.1, 0.15) is 0 Å². The van der Waals surface area contributed by atoms with E-state index in [1.54, 1.807) is 0 Å². The van der Waals surface area contributed by atoms with Crippen molar-refractivity contribution < 1.29 is 18.9 Å². The number of hydrogen-bond donors (Lipinski definition) is 1. The summed E-state index contributed by atoms with van der Waals surface area (Å²) in [6.07, 6.45) is 0.473. The van der Waals surface area contributed by atoms with Gasteiger partial charge >= 0.3 is 0 Å². The third-order valence-corrected chi connectivity index (χ3v) is 2.92. The molecule has 0 aliphatic carbocycles. The Labute approximate surface area is 99.4 Å². The average molecular weight is 237 g/mol. The van der Waals surface area contributed by atoms with Crippen molar-refractivity contribution in [2.24, 2.45) is 5.73 Å². The fourth-order valence-corrected chi connectivity index (χ4v) is 2.13. The number of fused-ring (bicyclic) bond motifs is 1. The standard InChI is InChI=1S/C12H15NO4/c13-2-1-8-5-10-11(17-7-16-10)6-9(8)12-14-3-4-15-12/h5-6,12H,1-4,7,13H2. The zero-order valence-electron chi connectivity index (χ0n) is 9.48. The maximum Gasteiger partial charge on any atom is 0.231 e. The van der Waals surface area contributed by atoms with Gasteiger partial charge in [0, 0.05) is 5.56 Å². The lowest BCUT2D eigenvalue weighted by Gasteiger charge is -2.15. The Bertz CT molecular complexity index is 415. The summed E-state index contributed by atoms with van der Waals surface area (Å²) in [5, 5.41) is 0. The van der Waals surface area contributed by atoms with E-state index >= 15 is 0 Å². The van der Waals surface area contributed by atoms with E-state index in [1.165, 1.54) is 0 Å². The van der Waals surface area contributed by atoms with E-state index in [0.29, 0.717) is 19.8 Å². The van der Waals surface area contributed by atoms with E-state index in [0.717, 1.165) is 29.0 Å². The second-order valence-corrected chi connectivity index (χ2v) is 4.02. The van der Waals surface area contributed by atoms with Crippen LogP contribution in [-0.4, -0.2) is 26.6 Å². The lowest BCUT2D eigenvalue weighted by Crippen LogP contribution is -2.08. The van der Waals surface area contributed by atoms with Crippen LogP contribution < -0.4 is 15.2 Å². The summed E-state index contributed by atoms with van der Waals surface area (Å²) in [6.45, 7) is 2.11. The molecule has 0 radical (unpaired) electrons. The Hall–Kier alpha value is -1.30. The van der Waals surface area contributed by atoms with Crippen LogP contribution in [0.2, 0.25) is 0 Å². The Kier molecular flexibility index (Phi) is 2.88. The predicted molar refractivity (Wildman–Crippen MR) is 60.0 cm³/mol. The number of benzene rings is 1. The first-order valence-electron chi connectivity index (χ1n) is 5.74. The van der Waals surface area contributed by atoms with Gasteiger partial charge in [0.05, 0.1) is 13.2 Å². The zero-order chi connectivity index (χ0) is 11.7. The molecule has 2 heterocycles. The molecular weight excluding hydrogens is 222 g/mol. The Morgan fingerprint density at radius 2 is 1.82 bits per heavy atom. The van der Waals surface area contributed by atoms with E-state index < -0.39 is 0 Å². The largest absolute Gasteiger partial charge is 0.454 e. The molecule has 2 N–H and O–H groups in total. The van der Waals surface area contributed by atoms with E-state index in [-0.39, 0.29) is 13.1 Å². The van der Waals surface area contributed by atoms with E-state index in [2.05, 4.69) is 0 Å². The van der Waals surface area contributed by atoms with Crippen molar-refractivity contribution in [1.29, 1.82) is 0 Å². The molecule has 17 heavy (non-hydrogen) atoms. The van der Waals surface area contributed by atoms with Crippen molar-refractivity contribution in [3.05, 3.63) is 23.3 Å². The van der Waals surface area contributed by atoms with Gasteiger partial charge < -0.3 is 24.7 Å². The molecule has 2 aliphatic heterocycles. The number of hydrogen-bond acceptors (Lipinski definition) is 5. The SMILES string of the molecule is NCCc1cc2c(cc1C1OCCO1)OCO2. The normalized spacial score (nSPS) is 18.9. The second kappa shape index (κ2) is 4.52. The molecule has 0 spiro atoms. The molecule has 1 fully saturated rings. The fourth-order valence-electron chi connectivity index (χ4n) is 2.13. The average Bonchev–Trinajstić information content (AvgIpc) is 2.98. The van der Waals surface area contributed by atoms with Gasteiger partial charge in [-0.05, 0) is 30.7 Å². The van der Waals surface area contributed by atoms with Crippen LogP contribution in [0, 0.1) is 0 Å². The minimum absolute atomic E-state index is 0.271. The monoisotopic (exact) mass is 237 g/mol. The molecule has 0 saturated carbocycles. The van der Waals surface area contributed by atoms with Gasteiger partial charge in [0.2, 0.25) is 6.79 Å². The molecule has 5 nitrogen and oxygen atoms in total. The minimum Gasteiger partial charge on any atom is -0.454 e. The summed E-state index contributed by atoms with van der Waals surface area (Å²) < 4.78 is 21.8. The summed E-state index contributed by atoms with van der Waals surface area (Å²) in [6, 6.07) is 3.90. The molecule has 92 valence electrons. The van der Waals surface area contributed by atoms with Crippen LogP contribution in [0.3, 0.4) is 0 Å². The quantitative estimate of drug-likeness (QED) is 0.848. The van der Waals surface area contributed by atoms with E-state index in [9.17, 15) is 0 Å². The Morgan fingerprint density at radius 3 is 2.53 bits per heavy atom. The third kappa shape index (κ3) is 1.97. The predicted octanol–water partition coefficient (Wildman–Crippen LogP) is 0.962. The van der Waals surface area contributed by atoms with Gasteiger partial charge in [0.15, 0.2) is 17.8 Å². The highest BCUT2D eigenvalue weighted by Crippen LogP contribution is 2.38. The van der Waals surface area contributed by atoms with Crippen LogP contribution in [0.15, 0.2) is 12.1 Å². The number of rotatable bonds is 3. The fraction of sp³-hybridized carbons (Fsp3) is 0.500. The number of nitrogens with two attached hydrogens (primary N) is 1. The topological polar surface area (TPSA) is 62.9 Å². The molecule has 0 aromatic heterocycles. The summed E-state index contributed by atoms with van der Waals surface area (Å²) in [4.78, 5) is 0. The maximum absolute atomic E-state index is 5.62. The molecule has 1 aromatic carbocycles. The maximum atomic E-state index is 5.62. The van der Waals surface area contributed by atoms with Crippen LogP contribution in [-0.2, 0) is 15.9 Å². The minimum atomic E-state index is -0.300. The molecule has 3 rings (SSSR count). The van der Waals surface area contributed by atoms with Crippen LogP contribution in [0.5, 0.6) is 11.5 Å². The molecule has 0 atom stereocenters. The first kappa shape index (κ1) is 10.8. The third-order valence-electron chi connectivity index (χ3n) is 2.92. The number of ether oxygens (including phenoxy) is 4. The van der Waals surface area contributed by atoms with Gasteiger partial charge in [-0.2, -0.15) is 0 Å². The smallest absolute Gasteiger partial charge is 0.231 e. The Morgan fingerprint density at radius 1 is 1.12 bits per heavy atom. The van der Waals surface area contributed by atoms with Crippen molar-refractivity contribution in [1.82, 2.24) is 0 Å². The van der Waals surface area contributed by atoms with Crippen molar-refractivity contribution in [2.45, 2.75) is 12.7 Å². The lowest BCUT2D eigenvalue weighted by atomic mass is 10.0. The van der Waals surface area contributed by atoms with Crippen LogP contribution >= 0.6 is 0 Å². The molecule has 0 bridgehead atoms. The highest BCUT2D eigenvalue weighted by atomic mass is 16.7. The van der Waals surface area contributed by atoms with Gasteiger partial charge in [-0.15, -0.1) is 0 Å². The molecule has 0 amide bonds. The van der Waals surface area contributed by atoms with Crippen LogP contribution in [0.1, 0.15) is 17.4 Å². The molecule has 5 heteroatoms. The first-order valence-corrected chi connectivity index (χ1v) is 5.74. The van der Waals surface area contributed by atoms with Gasteiger partial charge in [0.25, 0.3) is 0 Å². The van der Waals surface area contributed by atoms with Crippen molar-refractivity contribution in [3.8, 4) is 11.5 Å². The van der Waals surface area contributed by atoms with Gasteiger partial charge in [-0.3, -0.25) is 0 Å². The van der Waals surface area contributed by atoms with Gasteiger partial charge in [-0.1, -0.05) is 0 Å². The highest BCUT2D eigenvalue weighted by molar-refractivity contribution is 5.49. The molecule has 1 aromatic rings. The van der Waals surface area contributed by atoms with Crippen molar-refractivity contribution in [3.63, 3.8) is 0 Å². The Balaban J connectivity index is 1.98. The van der Waals surface area contributed by atoms with E-state index in [1.807, 2.05) is 12.1 Å². The summed E-state index contributed by atoms with van der Waals surface area (Å²) in [5.74, 6) is 1.52. The molecule has 0 unspecified atom stereocenters. The summed E-state index contributed by atoms with van der Waals surface area (Å²) in [5.41, 5.74) is 7.72. The second-order valence-electron chi connectivity index (χ2n) is 4.02. The van der Waals surface area contributed by atoms with Crippen molar-refractivity contribution >= 4 is 0 Å².